The summed E-state index contributed by atoms with van der Waals surface area (Å²) in [6, 6.07) is 60.6. The average Bonchev–Trinajstić information content (AvgIpc) is 3.77. The van der Waals surface area contributed by atoms with Gasteiger partial charge in [-0.3, -0.25) is 0 Å². The van der Waals surface area contributed by atoms with E-state index in [2.05, 4.69) is 105 Å². The topological polar surface area (TPSA) is 99.7 Å². The van der Waals surface area contributed by atoms with Crippen molar-refractivity contribution in [2.75, 3.05) is 0 Å². The maximum atomic E-state index is 7.97. The predicted octanol–water partition coefficient (Wildman–Crippen LogP) is 13.3. The van der Waals surface area contributed by atoms with Gasteiger partial charge in [0.15, 0.2) is 0 Å². The number of hydrogen-bond donors (Lipinski definition) is 4. The van der Waals surface area contributed by atoms with Gasteiger partial charge in [0.1, 0.15) is 0 Å². The monoisotopic (exact) mass is 804 g/mol. The third-order valence-electron chi connectivity index (χ3n) is 11.3. The molecule has 0 aliphatic heterocycles. The fraction of sp³-hybridized carbons (Fsp3) is 0.0690. The van der Waals surface area contributed by atoms with E-state index in [1.165, 1.54) is 55.6 Å². The Bertz CT molecular complexity index is 2780. The minimum Gasteiger partial charge on any atom is -0.398 e. The third kappa shape index (κ3) is 8.58. The van der Waals surface area contributed by atoms with E-state index < -0.39 is 0 Å². The summed E-state index contributed by atoms with van der Waals surface area (Å²) in [6.07, 6.45) is 10.7. The van der Waals surface area contributed by atoms with Crippen LogP contribution in [0.5, 0.6) is 0 Å². The summed E-state index contributed by atoms with van der Waals surface area (Å²) in [4.78, 5) is 0. The Labute approximate surface area is 366 Å². The van der Waals surface area contributed by atoms with Crippen LogP contribution in [0.2, 0.25) is 0 Å². The molecule has 304 valence electrons. The third-order valence-corrected chi connectivity index (χ3v) is 11.3. The van der Waals surface area contributed by atoms with Gasteiger partial charge in [-0.15, -0.1) is 0 Å². The minimum absolute atomic E-state index is 0.199. The number of rotatable bonds is 8. The highest BCUT2D eigenvalue weighted by atomic mass is 14.6. The van der Waals surface area contributed by atoms with Gasteiger partial charge >= 0.3 is 0 Å². The average molecular weight is 805 g/mol. The van der Waals surface area contributed by atoms with Crippen LogP contribution >= 0.6 is 0 Å². The van der Waals surface area contributed by atoms with Crippen molar-refractivity contribution in [1.29, 1.82) is 10.8 Å². The van der Waals surface area contributed by atoms with Crippen molar-refractivity contribution in [3.05, 3.63) is 280 Å². The van der Waals surface area contributed by atoms with Crippen molar-refractivity contribution in [1.82, 2.24) is 0 Å². The molecule has 0 aromatic heterocycles. The van der Waals surface area contributed by atoms with E-state index in [0.717, 1.165) is 22.3 Å². The molecular weight excluding hydrogens is 753 g/mol. The van der Waals surface area contributed by atoms with Crippen molar-refractivity contribution < 1.29 is 0 Å². The number of nitrogens with two attached hydrogens (primary N) is 2. The lowest BCUT2D eigenvalue weighted by molar-refractivity contribution is 0.791. The van der Waals surface area contributed by atoms with Crippen LogP contribution in [0.15, 0.2) is 230 Å². The van der Waals surface area contributed by atoms with E-state index in [4.69, 9.17) is 22.3 Å². The van der Waals surface area contributed by atoms with E-state index in [-0.39, 0.29) is 5.41 Å². The summed E-state index contributed by atoms with van der Waals surface area (Å²) >= 11 is 0. The van der Waals surface area contributed by atoms with E-state index in [1.807, 2.05) is 116 Å². The molecule has 2 aliphatic rings. The number of aryl methyl sites for hydroxylation is 2. The van der Waals surface area contributed by atoms with E-state index in [1.54, 1.807) is 18.2 Å². The molecule has 7 aromatic carbocycles. The van der Waals surface area contributed by atoms with E-state index in [9.17, 15) is 0 Å². The summed E-state index contributed by atoms with van der Waals surface area (Å²) in [5, 5.41) is 15.9. The number of fused-ring (bicyclic) bond motifs is 10. The van der Waals surface area contributed by atoms with Crippen LogP contribution in [0.3, 0.4) is 0 Å². The molecule has 0 amide bonds. The first kappa shape index (κ1) is 42.3. The van der Waals surface area contributed by atoms with Crippen LogP contribution in [0.4, 0.5) is 0 Å². The fourth-order valence-corrected chi connectivity index (χ4v) is 8.36. The largest absolute Gasteiger partial charge is 0.398 e. The molecule has 0 radical (unpaired) electrons. The molecule has 1 spiro atoms. The van der Waals surface area contributed by atoms with Crippen molar-refractivity contribution in [3.63, 3.8) is 0 Å². The molecule has 4 heteroatoms. The van der Waals surface area contributed by atoms with Crippen LogP contribution in [0, 0.1) is 24.7 Å². The van der Waals surface area contributed by atoms with Crippen LogP contribution in [0.1, 0.15) is 57.0 Å². The predicted molar refractivity (Wildman–Crippen MR) is 263 cm³/mol. The maximum Gasteiger partial charge on any atom is 0.0725 e. The van der Waals surface area contributed by atoms with Crippen LogP contribution < -0.4 is 11.5 Å². The summed E-state index contributed by atoms with van der Waals surface area (Å²) in [5.74, 6) is 0. The molecule has 7 aromatic rings. The molecule has 9 rings (SSSR count). The number of allylic oxidation sites excluding steroid dienone is 6. The Morgan fingerprint density at radius 3 is 1.35 bits per heavy atom. The van der Waals surface area contributed by atoms with Gasteiger partial charge in [-0.1, -0.05) is 218 Å². The van der Waals surface area contributed by atoms with Crippen molar-refractivity contribution in [3.8, 4) is 22.3 Å². The Morgan fingerprint density at radius 2 is 0.903 bits per heavy atom. The number of benzene rings is 7. The molecule has 0 bridgehead atoms. The molecule has 62 heavy (non-hydrogen) atoms. The zero-order valence-electron chi connectivity index (χ0n) is 35.6. The lowest BCUT2D eigenvalue weighted by Gasteiger charge is -2.30. The summed E-state index contributed by atoms with van der Waals surface area (Å²) < 4.78 is 0. The Hall–Kier alpha value is -7.82. The Morgan fingerprint density at radius 1 is 0.500 bits per heavy atom. The molecule has 0 unspecified atom stereocenters. The van der Waals surface area contributed by atoms with Gasteiger partial charge in [-0.2, -0.15) is 0 Å². The standard InChI is InChI=1S/C27H20.C16H18N2.C15H14N2/c1-17-11-13-21-22-14-12-18(2)16-26(22)27(25(21)15-17)23-9-5-3-7-19(23)20-8-4-6-10-24(20)27;1-3-5-9-13(4-2)15(17)12-16(18)14-10-7-6-8-11-14;16-14(12-7-3-1-4-8-12)11-15(17)13-9-5-2-6-10-13/h3-16H,1-2H3;3-12,18H,2,17H2,1H3;1-11,16H,17H2/b;5-3-,13-9+,15-12-,18-16?;15-11-,16-14?. The first-order valence-electron chi connectivity index (χ1n) is 20.8. The number of hydrogen-bond acceptors (Lipinski definition) is 4. The lowest BCUT2D eigenvalue weighted by Crippen LogP contribution is -2.26. The second-order valence-corrected chi connectivity index (χ2v) is 15.4. The highest BCUT2D eigenvalue weighted by Crippen LogP contribution is 2.62. The molecular formula is C58H52N4. The second kappa shape index (κ2) is 19.1. The fourth-order valence-electron chi connectivity index (χ4n) is 8.36. The summed E-state index contributed by atoms with van der Waals surface area (Å²) in [7, 11) is 0. The van der Waals surface area contributed by atoms with Gasteiger partial charge in [0.2, 0.25) is 0 Å². The van der Waals surface area contributed by atoms with Crippen molar-refractivity contribution in [2.45, 2.75) is 26.2 Å². The molecule has 4 nitrogen and oxygen atoms in total. The molecule has 0 heterocycles. The lowest BCUT2D eigenvalue weighted by atomic mass is 9.70. The molecule has 0 fully saturated rings. The van der Waals surface area contributed by atoms with Crippen LogP contribution in [-0.4, -0.2) is 11.4 Å². The molecule has 0 saturated carbocycles. The van der Waals surface area contributed by atoms with Gasteiger partial charge in [0.25, 0.3) is 0 Å². The quantitative estimate of drug-likeness (QED) is 0.0908. The first-order valence-corrected chi connectivity index (χ1v) is 20.8. The molecule has 0 atom stereocenters. The Balaban J connectivity index is 0.000000146. The highest BCUT2D eigenvalue weighted by Gasteiger charge is 2.51. The first-order chi connectivity index (χ1) is 30.2. The Kier molecular flexibility index (Phi) is 13.0. The zero-order chi connectivity index (χ0) is 43.6. The summed E-state index contributed by atoms with van der Waals surface area (Å²) in [6.45, 7) is 10.1. The van der Waals surface area contributed by atoms with E-state index in [0.29, 0.717) is 22.8 Å². The van der Waals surface area contributed by atoms with Gasteiger partial charge in [0, 0.05) is 11.4 Å². The maximum absolute atomic E-state index is 7.97. The zero-order valence-corrected chi connectivity index (χ0v) is 35.6. The smallest absolute Gasteiger partial charge is 0.0725 e. The summed E-state index contributed by atoms with van der Waals surface area (Å²) in [5.41, 5.74) is 31.0. The van der Waals surface area contributed by atoms with Crippen LogP contribution in [-0.2, 0) is 5.41 Å². The van der Waals surface area contributed by atoms with Gasteiger partial charge in [0.05, 0.1) is 16.8 Å². The van der Waals surface area contributed by atoms with Gasteiger partial charge in [-0.05, 0) is 99.7 Å². The number of nitrogens with one attached hydrogen (secondary N) is 2. The molecule has 6 N–H and O–H groups in total. The van der Waals surface area contributed by atoms with Crippen molar-refractivity contribution >= 4 is 17.1 Å². The molecule has 2 aliphatic carbocycles. The normalized spacial score (nSPS) is 13.1. The highest BCUT2D eigenvalue weighted by molar-refractivity contribution is 6.10. The second-order valence-electron chi connectivity index (χ2n) is 15.4. The van der Waals surface area contributed by atoms with E-state index >= 15 is 0 Å². The molecule has 0 saturated heterocycles. The van der Waals surface area contributed by atoms with Gasteiger partial charge in [-0.25, -0.2) is 0 Å². The van der Waals surface area contributed by atoms with Crippen LogP contribution in [0.25, 0.3) is 28.0 Å². The minimum atomic E-state index is -0.199. The van der Waals surface area contributed by atoms with Gasteiger partial charge < -0.3 is 22.3 Å². The van der Waals surface area contributed by atoms with Crippen molar-refractivity contribution in [2.24, 2.45) is 11.5 Å². The SMILES string of the molecule is C=CC(=C\C=C/C)/C(N)=C/C(=N)c1ccccc1.Cc1ccc2c(c1)C1(c3ccccc3-c3ccccc31)c1cc(C)ccc1-2.N=C(/C=C(\N)c1ccccc1)c1ccccc1.